The van der Waals surface area contributed by atoms with E-state index in [1.165, 1.54) is 12.8 Å². The first-order valence-electron chi connectivity index (χ1n) is 4.53. The Kier molecular flexibility index (Phi) is 6.24. The van der Waals surface area contributed by atoms with Crippen LogP contribution in [0.4, 0.5) is 0 Å². The Morgan fingerprint density at radius 3 is 2.27 bits per heavy atom. The average Bonchev–Trinajstić information content (AvgIpc) is 1.97. The van der Waals surface area contributed by atoms with Gasteiger partial charge in [-0.1, -0.05) is 39.3 Å². The number of hydrogen-bond acceptors (Lipinski definition) is 1. The van der Waals surface area contributed by atoms with Crippen LogP contribution in [-0.4, -0.2) is 6.54 Å². The number of rotatable bonds is 5. The van der Waals surface area contributed by atoms with Gasteiger partial charge in [0.05, 0.1) is 0 Å². The summed E-state index contributed by atoms with van der Waals surface area (Å²) in [6.07, 6.45) is 6.86. The molecule has 0 aliphatic carbocycles. The summed E-state index contributed by atoms with van der Waals surface area (Å²) in [5.74, 6) is 1.52. The minimum absolute atomic E-state index is 0.673. The van der Waals surface area contributed by atoms with Crippen LogP contribution in [0.25, 0.3) is 0 Å². The third-order valence-corrected chi connectivity index (χ3v) is 1.80. The molecule has 0 aromatic heterocycles. The lowest BCUT2D eigenvalue weighted by molar-refractivity contribution is 0.502. The molecule has 0 amide bonds. The van der Waals surface area contributed by atoms with Gasteiger partial charge in [-0.3, -0.25) is 0 Å². The topological polar surface area (TPSA) is 26.0 Å². The molecule has 0 saturated heterocycles. The molecule has 0 fully saturated rings. The summed E-state index contributed by atoms with van der Waals surface area (Å²) in [5.41, 5.74) is 5.35. The highest BCUT2D eigenvalue weighted by atomic mass is 14.5. The molecule has 0 heterocycles. The van der Waals surface area contributed by atoms with Crippen molar-refractivity contribution in [3.05, 3.63) is 12.2 Å². The van der Waals surface area contributed by atoms with Gasteiger partial charge in [-0.2, -0.15) is 0 Å². The lowest BCUT2D eigenvalue weighted by atomic mass is 9.99. The summed E-state index contributed by atoms with van der Waals surface area (Å²) in [7, 11) is 0. The van der Waals surface area contributed by atoms with Crippen molar-refractivity contribution in [2.45, 2.75) is 33.6 Å². The van der Waals surface area contributed by atoms with Gasteiger partial charge in [0.2, 0.25) is 0 Å². The molecule has 0 rings (SSSR count). The summed E-state index contributed by atoms with van der Waals surface area (Å²) >= 11 is 0. The van der Waals surface area contributed by atoms with Gasteiger partial charge in [0, 0.05) is 6.54 Å². The van der Waals surface area contributed by atoms with Crippen molar-refractivity contribution in [2.24, 2.45) is 17.6 Å². The molecule has 0 bridgehead atoms. The van der Waals surface area contributed by atoms with E-state index in [1.54, 1.807) is 0 Å². The minimum Gasteiger partial charge on any atom is -0.327 e. The van der Waals surface area contributed by atoms with Crippen molar-refractivity contribution in [3.63, 3.8) is 0 Å². The molecule has 0 aliphatic heterocycles. The third kappa shape index (κ3) is 7.60. The van der Waals surface area contributed by atoms with Crippen molar-refractivity contribution in [1.82, 2.24) is 0 Å². The fourth-order valence-corrected chi connectivity index (χ4v) is 1.00. The van der Waals surface area contributed by atoms with E-state index in [1.807, 2.05) is 6.08 Å². The molecule has 1 unspecified atom stereocenters. The number of allylic oxidation sites excluding steroid dienone is 1. The number of nitrogens with two attached hydrogens (primary N) is 1. The zero-order chi connectivity index (χ0) is 8.69. The van der Waals surface area contributed by atoms with E-state index in [4.69, 9.17) is 5.73 Å². The summed E-state index contributed by atoms with van der Waals surface area (Å²) < 4.78 is 0. The van der Waals surface area contributed by atoms with E-state index in [9.17, 15) is 0 Å². The maximum atomic E-state index is 5.35. The van der Waals surface area contributed by atoms with E-state index >= 15 is 0 Å². The smallest absolute Gasteiger partial charge is 0.0106 e. The molecule has 1 atom stereocenters. The molecular weight excluding hydrogens is 134 g/mol. The van der Waals surface area contributed by atoms with Crippen molar-refractivity contribution < 1.29 is 0 Å². The van der Waals surface area contributed by atoms with Crippen molar-refractivity contribution in [2.75, 3.05) is 6.54 Å². The molecule has 66 valence electrons. The van der Waals surface area contributed by atoms with Gasteiger partial charge < -0.3 is 5.73 Å². The Morgan fingerprint density at radius 1 is 1.18 bits per heavy atom. The monoisotopic (exact) mass is 155 g/mol. The maximum absolute atomic E-state index is 5.35. The third-order valence-electron chi connectivity index (χ3n) is 1.80. The van der Waals surface area contributed by atoms with E-state index in [-0.39, 0.29) is 0 Å². The zero-order valence-electron chi connectivity index (χ0n) is 8.01. The lowest BCUT2D eigenvalue weighted by Crippen LogP contribution is -1.97. The van der Waals surface area contributed by atoms with E-state index in [0.29, 0.717) is 12.5 Å². The van der Waals surface area contributed by atoms with Gasteiger partial charge in [-0.25, -0.2) is 0 Å². The highest BCUT2D eigenvalue weighted by Crippen LogP contribution is 2.12. The van der Waals surface area contributed by atoms with Crippen LogP contribution in [0.15, 0.2) is 12.2 Å². The van der Waals surface area contributed by atoms with Crippen LogP contribution in [0.1, 0.15) is 33.6 Å². The highest BCUT2D eigenvalue weighted by molar-refractivity contribution is 4.86. The van der Waals surface area contributed by atoms with Crippen LogP contribution in [0.3, 0.4) is 0 Å². The second-order valence-corrected chi connectivity index (χ2v) is 3.61. The second-order valence-electron chi connectivity index (χ2n) is 3.61. The first-order valence-corrected chi connectivity index (χ1v) is 4.53. The molecule has 11 heavy (non-hydrogen) atoms. The zero-order valence-corrected chi connectivity index (χ0v) is 8.01. The van der Waals surface area contributed by atoms with Crippen molar-refractivity contribution in [1.29, 1.82) is 0 Å². The standard InChI is InChI=1S/C10H21N/c1-9(2)6-7-10(3)5-4-8-11/h4-5,9-10H,6-8,11H2,1-3H3. The van der Waals surface area contributed by atoms with E-state index in [0.717, 1.165) is 5.92 Å². The minimum atomic E-state index is 0.673. The molecule has 1 heteroatoms. The first kappa shape index (κ1) is 10.7. The molecule has 2 N–H and O–H groups in total. The van der Waals surface area contributed by atoms with Gasteiger partial charge >= 0.3 is 0 Å². The summed E-state index contributed by atoms with van der Waals surface area (Å²) in [6, 6.07) is 0. The van der Waals surface area contributed by atoms with Gasteiger partial charge in [0.1, 0.15) is 0 Å². The number of hydrogen-bond donors (Lipinski definition) is 1. The first-order chi connectivity index (χ1) is 5.16. The summed E-state index contributed by atoms with van der Waals surface area (Å²) in [5, 5.41) is 0. The summed E-state index contributed by atoms with van der Waals surface area (Å²) in [6.45, 7) is 7.44. The van der Waals surface area contributed by atoms with Crippen LogP contribution in [0, 0.1) is 11.8 Å². The van der Waals surface area contributed by atoms with Gasteiger partial charge in [0.25, 0.3) is 0 Å². The molecule has 0 aromatic carbocycles. The van der Waals surface area contributed by atoms with Gasteiger partial charge in [-0.15, -0.1) is 0 Å². The molecule has 0 spiro atoms. The fourth-order valence-electron chi connectivity index (χ4n) is 1.00. The Balaban J connectivity index is 3.36. The maximum Gasteiger partial charge on any atom is 0.0106 e. The Morgan fingerprint density at radius 2 is 1.82 bits per heavy atom. The normalized spacial score (nSPS) is 14.6. The predicted octanol–water partition coefficient (Wildman–Crippen LogP) is 2.57. The van der Waals surface area contributed by atoms with Crippen LogP contribution in [-0.2, 0) is 0 Å². The van der Waals surface area contributed by atoms with Crippen LogP contribution in [0.2, 0.25) is 0 Å². The highest BCUT2D eigenvalue weighted by Gasteiger charge is 1.98. The molecule has 0 aromatic rings. The largest absolute Gasteiger partial charge is 0.327 e. The molecule has 1 nitrogen and oxygen atoms in total. The van der Waals surface area contributed by atoms with Crippen molar-refractivity contribution >= 4 is 0 Å². The Bertz CT molecular complexity index is 105. The van der Waals surface area contributed by atoms with Crippen LogP contribution in [0.5, 0.6) is 0 Å². The molecule has 0 radical (unpaired) electrons. The van der Waals surface area contributed by atoms with Crippen LogP contribution >= 0.6 is 0 Å². The Hall–Kier alpha value is -0.300. The molecule has 0 saturated carbocycles. The van der Waals surface area contributed by atoms with E-state index in [2.05, 4.69) is 26.8 Å². The molecular formula is C10H21N. The summed E-state index contributed by atoms with van der Waals surface area (Å²) in [4.78, 5) is 0. The predicted molar refractivity (Wildman–Crippen MR) is 51.4 cm³/mol. The quantitative estimate of drug-likeness (QED) is 0.607. The van der Waals surface area contributed by atoms with Gasteiger partial charge in [0.15, 0.2) is 0 Å². The van der Waals surface area contributed by atoms with Crippen LogP contribution < -0.4 is 5.73 Å². The van der Waals surface area contributed by atoms with Gasteiger partial charge in [-0.05, 0) is 18.3 Å². The van der Waals surface area contributed by atoms with Crippen molar-refractivity contribution in [3.8, 4) is 0 Å². The Labute approximate surface area is 70.7 Å². The SMILES string of the molecule is CC(C)CCC(C)C=CCN. The lowest BCUT2D eigenvalue weighted by Gasteiger charge is -2.07. The van der Waals surface area contributed by atoms with E-state index < -0.39 is 0 Å². The molecule has 0 aliphatic rings. The fraction of sp³-hybridized carbons (Fsp3) is 0.800. The average molecular weight is 155 g/mol. The second kappa shape index (κ2) is 6.41.